The molecule has 0 radical (unpaired) electrons. The molecule has 4 nitrogen and oxygen atoms in total. The first-order valence-electron chi connectivity index (χ1n) is 5.33. The molecule has 0 fully saturated rings. The van der Waals surface area contributed by atoms with E-state index in [4.69, 9.17) is 15.0 Å². The zero-order valence-electron chi connectivity index (χ0n) is 9.74. The van der Waals surface area contributed by atoms with Crippen molar-refractivity contribution in [2.75, 3.05) is 0 Å². The summed E-state index contributed by atoms with van der Waals surface area (Å²) in [4.78, 5) is 0. The zero-order chi connectivity index (χ0) is 13.1. The minimum atomic E-state index is -0.785. The minimum Gasteiger partial charge on any atom is -0.479 e. The van der Waals surface area contributed by atoms with Gasteiger partial charge in [0.1, 0.15) is 6.61 Å². The van der Waals surface area contributed by atoms with Crippen molar-refractivity contribution in [3.05, 3.63) is 46.9 Å². The van der Waals surface area contributed by atoms with Crippen molar-refractivity contribution in [1.82, 2.24) is 5.16 Å². The number of nitrogens with zero attached hydrogens (tertiary/aromatic N) is 1. The quantitative estimate of drug-likeness (QED) is 0.909. The second-order valence-electron chi connectivity index (χ2n) is 3.82. The van der Waals surface area contributed by atoms with Crippen LogP contribution in [0.3, 0.4) is 0 Å². The first-order valence-corrected chi connectivity index (χ1v) is 5.33. The Labute approximate surface area is 102 Å². The maximum atomic E-state index is 13.5. The first kappa shape index (κ1) is 12.5. The van der Waals surface area contributed by atoms with Crippen molar-refractivity contribution in [2.45, 2.75) is 20.1 Å². The molecule has 2 aromatic rings. The summed E-state index contributed by atoms with van der Waals surface area (Å²) in [7, 11) is 0. The van der Waals surface area contributed by atoms with Crippen LogP contribution in [0.1, 0.15) is 17.0 Å². The number of aryl methyl sites for hydroxylation is 1. The molecule has 0 saturated heterocycles. The lowest BCUT2D eigenvalue weighted by Gasteiger charge is -2.08. The Morgan fingerprint density at radius 3 is 2.44 bits per heavy atom. The molecule has 0 aliphatic carbocycles. The van der Waals surface area contributed by atoms with Crippen LogP contribution in [-0.4, -0.2) is 5.16 Å². The molecule has 2 rings (SSSR count). The molecule has 0 spiro atoms. The molecule has 2 N–H and O–H groups in total. The molecular weight excluding hydrogens is 242 g/mol. The lowest BCUT2D eigenvalue weighted by atomic mass is 10.2. The van der Waals surface area contributed by atoms with E-state index in [1.807, 2.05) is 0 Å². The van der Waals surface area contributed by atoms with Crippen molar-refractivity contribution in [2.24, 2.45) is 5.73 Å². The molecule has 0 bridgehead atoms. The van der Waals surface area contributed by atoms with E-state index in [9.17, 15) is 8.78 Å². The third-order valence-electron chi connectivity index (χ3n) is 2.33. The highest BCUT2D eigenvalue weighted by atomic mass is 19.1. The summed E-state index contributed by atoms with van der Waals surface area (Å²) in [5.41, 5.74) is 6.35. The van der Waals surface area contributed by atoms with Gasteiger partial charge in [0.25, 0.3) is 0 Å². The first-order chi connectivity index (χ1) is 8.60. The highest BCUT2D eigenvalue weighted by Crippen LogP contribution is 2.24. The molecule has 6 heteroatoms. The van der Waals surface area contributed by atoms with E-state index in [1.54, 1.807) is 13.0 Å². The normalized spacial score (nSPS) is 10.7. The molecule has 1 aromatic carbocycles. The molecule has 1 heterocycles. The van der Waals surface area contributed by atoms with Gasteiger partial charge in [-0.2, -0.15) is 0 Å². The molecule has 1 aromatic heterocycles. The molecule has 0 unspecified atom stereocenters. The predicted molar refractivity (Wildman–Crippen MR) is 59.8 cm³/mol. The maximum absolute atomic E-state index is 13.5. The number of nitrogens with two attached hydrogens (primary N) is 1. The van der Waals surface area contributed by atoms with Crippen LogP contribution in [0.2, 0.25) is 0 Å². The molecule has 18 heavy (non-hydrogen) atoms. The standard InChI is InChI=1S/C12H12F2N2O2/c1-7-2-9(18-16-7)6-17-12-10(13)3-8(5-15)4-11(12)14/h2-4H,5-6,15H2,1H3. The maximum Gasteiger partial charge on any atom is 0.191 e. The molecule has 0 atom stereocenters. The summed E-state index contributed by atoms with van der Waals surface area (Å²) in [5, 5.41) is 3.64. The molecule has 0 aliphatic heterocycles. The van der Waals surface area contributed by atoms with Gasteiger partial charge in [-0.3, -0.25) is 0 Å². The Bertz CT molecular complexity index is 532. The van der Waals surface area contributed by atoms with E-state index >= 15 is 0 Å². The average molecular weight is 254 g/mol. The van der Waals surface area contributed by atoms with Gasteiger partial charge in [0.15, 0.2) is 23.1 Å². The van der Waals surface area contributed by atoms with Crippen molar-refractivity contribution in [1.29, 1.82) is 0 Å². The van der Waals surface area contributed by atoms with Crippen LogP contribution in [0.25, 0.3) is 0 Å². The number of ether oxygens (including phenoxy) is 1. The molecule has 0 amide bonds. The summed E-state index contributed by atoms with van der Waals surface area (Å²) < 4.78 is 37.0. The van der Waals surface area contributed by atoms with Gasteiger partial charge in [-0.15, -0.1) is 0 Å². The fourth-order valence-corrected chi connectivity index (χ4v) is 1.50. The lowest BCUT2D eigenvalue weighted by molar-refractivity contribution is 0.230. The van der Waals surface area contributed by atoms with Gasteiger partial charge in [-0.1, -0.05) is 5.16 Å². The highest BCUT2D eigenvalue weighted by molar-refractivity contribution is 5.31. The summed E-state index contributed by atoms with van der Waals surface area (Å²) in [6.45, 7) is 1.72. The third-order valence-corrected chi connectivity index (χ3v) is 2.33. The van der Waals surface area contributed by atoms with E-state index in [-0.39, 0.29) is 13.2 Å². The van der Waals surface area contributed by atoms with Crippen LogP contribution in [-0.2, 0) is 13.2 Å². The van der Waals surface area contributed by atoms with Gasteiger partial charge in [-0.05, 0) is 24.6 Å². The van der Waals surface area contributed by atoms with E-state index in [1.165, 1.54) is 0 Å². The van der Waals surface area contributed by atoms with Crippen molar-refractivity contribution in [3.63, 3.8) is 0 Å². The Hall–Kier alpha value is -1.95. The second-order valence-corrected chi connectivity index (χ2v) is 3.82. The topological polar surface area (TPSA) is 61.3 Å². The summed E-state index contributed by atoms with van der Waals surface area (Å²) in [5.74, 6) is -1.62. The van der Waals surface area contributed by atoms with Crippen LogP contribution < -0.4 is 10.5 Å². The monoisotopic (exact) mass is 254 g/mol. The Balaban J connectivity index is 2.14. The van der Waals surface area contributed by atoms with Gasteiger partial charge in [0.2, 0.25) is 0 Å². The van der Waals surface area contributed by atoms with Crippen LogP contribution in [0.15, 0.2) is 22.7 Å². The SMILES string of the molecule is Cc1cc(COc2c(F)cc(CN)cc2F)on1. The summed E-state index contributed by atoms with van der Waals surface area (Å²) in [6.07, 6.45) is 0. The smallest absolute Gasteiger partial charge is 0.191 e. The number of hydrogen-bond acceptors (Lipinski definition) is 4. The van der Waals surface area contributed by atoms with Gasteiger partial charge in [0, 0.05) is 12.6 Å². The fourth-order valence-electron chi connectivity index (χ4n) is 1.50. The second kappa shape index (κ2) is 5.14. The number of hydrogen-bond donors (Lipinski definition) is 1. The number of benzene rings is 1. The minimum absolute atomic E-state index is 0.0649. The highest BCUT2D eigenvalue weighted by Gasteiger charge is 2.13. The van der Waals surface area contributed by atoms with Crippen molar-refractivity contribution >= 4 is 0 Å². The summed E-state index contributed by atoms with van der Waals surface area (Å²) >= 11 is 0. The van der Waals surface area contributed by atoms with E-state index in [2.05, 4.69) is 5.16 Å². The number of halogens is 2. The van der Waals surface area contributed by atoms with Gasteiger partial charge in [0.05, 0.1) is 5.69 Å². The molecular formula is C12H12F2N2O2. The lowest BCUT2D eigenvalue weighted by Crippen LogP contribution is -2.03. The van der Waals surface area contributed by atoms with Crippen LogP contribution in [0, 0.1) is 18.6 Å². The largest absolute Gasteiger partial charge is 0.479 e. The zero-order valence-corrected chi connectivity index (χ0v) is 9.74. The van der Waals surface area contributed by atoms with E-state index < -0.39 is 17.4 Å². The van der Waals surface area contributed by atoms with Crippen molar-refractivity contribution in [3.8, 4) is 5.75 Å². The Morgan fingerprint density at radius 2 is 1.94 bits per heavy atom. The third kappa shape index (κ3) is 2.65. The number of aromatic nitrogens is 1. The molecule has 0 aliphatic rings. The van der Waals surface area contributed by atoms with E-state index in [0.717, 1.165) is 12.1 Å². The van der Waals surface area contributed by atoms with Gasteiger partial charge >= 0.3 is 0 Å². The number of rotatable bonds is 4. The Morgan fingerprint density at radius 1 is 1.28 bits per heavy atom. The fraction of sp³-hybridized carbons (Fsp3) is 0.250. The van der Waals surface area contributed by atoms with Gasteiger partial charge in [-0.25, -0.2) is 8.78 Å². The molecule has 0 saturated carbocycles. The van der Waals surface area contributed by atoms with Crippen LogP contribution >= 0.6 is 0 Å². The van der Waals surface area contributed by atoms with Crippen molar-refractivity contribution < 1.29 is 18.0 Å². The van der Waals surface area contributed by atoms with Gasteiger partial charge < -0.3 is 15.0 Å². The van der Waals surface area contributed by atoms with E-state index in [0.29, 0.717) is 17.0 Å². The molecule has 96 valence electrons. The summed E-state index contributed by atoms with van der Waals surface area (Å²) in [6, 6.07) is 3.91. The predicted octanol–water partition coefficient (Wildman–Crippen LogP) is 2.30. The van der Waals surface area contributed by atoms with Crippen LogP contribution in [0.5, 0.6) is 5.75 Å². The Kier molecular flexibility index (Phi) is 3.57. The van der Waals surface area contributed by atoms with Crippen LogP contribution in [0.4, 0.5) is 8.78 Å². The average Bonchev–Trinajstić information content (AvgIpc) is 2.73.